The van der Waals surface area contributed by atoms with Crippen LogP contribution in [-0.4, -0.2) is 68.4 Å². The molecule has 1 fully saturated rings. The lowest BCUT2D eigenvalue weighted by molar-refractivity contribution is -0.119. The topological polar surface area (TPSA) is 102 Å². The van der Waals surface area contributed by atoms with Crippen molar-refractivity contribution in [3.63, 3.8) is 0 Å². The van der Waals surface area contributed by atoms with Crippen LogP contribution in [0.25, 0.3) is 10.9 Å². The molecule has 1 aliphatic rings. The Morgan fingerprint density at radius 2 is 1.82 bits per heavy atom. The van der Waals surface area contributed by atoms with E-state index in [1.165, 1.54) is 6.07 Å². The summed E-state index contributed by atoms with van der Waals surface area (Å²) in [6.07, 6.45) is 2.58. The van der Waals surface area contributed by atoms with Crippen LogP contribution in [0.2, 0.25) is 5.02 Å². The number of carbonyl (C=O) groups is 2. The summed E-state index contributed by atoms with van der Waals surface area (Å²) in [4.78, 5) is 31.8. The van der Waals surface area contributed by atoms with Crippen molar-refractivity contribution >= 4 is 52.9 Å². The first-order valence-corrected chi connectivity index (χ1v) is 14.9. The maximum absolute atomic E-state index is 12.6. The Morgan fingerprint density at radius 1 is 1.02 bits per heavy atom. The van der Waals surface area contributed by atoms with Gasteiger partial charge < -0.3 is 18.9 Å². The molecule has 3 aromatic carbocycles. The van der Waals surface area contributed by atoms with Crippen molar-refractivity contribution in [2.75, 3.05) is 50.9 Å². The van der Waals surface area contributed by atoms with Crippen LogP contribution in [0, 0.1) is 0 Å². The van der Waals surface area contributed by atoms with Crippen molar-refractivity contribution in [1.82, 2.24) is 15.2 Å². The number of urea groups is 1. The summed E-state index contributed by atoms with van der Waals surface area (Å²) in [6, 6.07) is 18.6. The number of aromatic nitrogens is 1. The van der Waals surface area contributed by atoms with Gasteiger partial charge in [-0.3, -0.25) is 20.0 Å². The zero-order valence-corrected chi connectivity index (χ0v) is 25.9. The van der Waals surface area contributed by atoms with Crippen molar-refractivity contribution < 1.29 is 28.5 Å². The van der Waals surface area contributed by atoms with Gasteiger partial charge in [0, 0.05) is 37.3 Å². The summed E-state index contributed by atoms with van der Waals surface area (Å²) in [5.41, 5.74) is 1.81. The molecule has 0 bridgehead atoms. The lowest BCUT2D eigenvalue weighted by atomic mass is 10.1. The molecule has 0 radical (unpaired) electrons. The largest absolute Gasteiger partial charge is 0.493 e. The lowest BCUT2D eigenvalue weighted by Crippen LogP contribution is -2.39. The van der Waals surface area contributed by atoms with E-state index in [0.29, 0.717) is 46.2 Å². The molecular weight excluding hydrogens is 604 g/mol. The first kappa shape index (κ1) is 31.4. The summed E-state index contributed by atoms with van der Waals surface area (Å²) in [5, 5.41) is 3.27. The number of thiol groups is 1. The van der Waals surface area contributed by atoms with Gasteiger partial charge in [0.2, 0.25) is 5.91 Å². The number of methoxy groups -OCH3 is 1. The maximum atomic E-state index is 12.6. The Balaban J connectivity index is 1.23. The van der Waals surface area contributed by atoms with Crippen LogP contribution in [0.15, 0.2) is 72.9 Å². The third kappa shape index (κ3) is 8.11. The van der Waals surface area contributed by atoms with Gasteiger partial charge in [-0.1, -0.05) is 54.7 Å². The van der Waals surface area contributed by atoms with Crippen LogP contribution in [0.3, 0.4) is 0 Å². The van der Waals surface area contributed by atoms with Gasteiger partial charge in [-0.25, -0.2) is 9.10 Å². The number of morpholine rings is 1. The minimum absolute atomic E-state index is 0.0644. The maximum Gasteiger partial charge on any atom is 0.338 e. The molecule has 1 N–H and O–H groups in total. The monoisotopic (exact) mass is 636 g/mol. The van der Waals surface area contributed by atoms with Crippen LogP contribution in [0.4, 0.5) is 10.5 Å². The van der Waals surface area contributed by atoms with Gasteiger partial charge in [0.1, 0.15) is 11.5 Å². The highest BCUT2D eigenvalue weighted by Crippen LogP contribution is 2.39. The average molecular weight is 637 g/mol. The molecule has 1 aromatic heterocycles. The number of amides is 3. The van der Waals surface area contributed by atoms with E-state index >= 15 is 0 Å². The van der Waals surface area contributed by atoms with Crippen LogP contribution >= 0.6 is 24.4 Å². The number of benzene rings is 3. The summed E-state index contributed by atoms with van der Waals surface area (Å²) >= 11 is 10.8. The Hall–Kier alpha value is -4.03. The number of rotatable bonds is 11. The number of anilines is 1. The third-order valence-electron chi connectivity index (χ3n) is 6.99. The summed E-state index contributed by atoms with van der Waals surface area (Å²) in [5.74, 6) is 1.57. The quantitative estimate of drug-likeness (QED) is 0.155. The number of nitrogens with zero attached hydrogens (tertiary/aromatic N) is 3. The van der Waals surface area contributed by atoms with Crippen molar-refractivity contribution in [2.45, 2.75) is 12.8 Å². The van der Waals surface area contributed by atoms with Gasteiger partial charge >= 0.3 is 6.03 Å². The molecule has 0 aliphatic carbocycles. The number of ether oxygens (including phenoxy) is 4. The number of hydrogen-bond donors (Lipinski definition) is 2. The van der Waals surface area contributed by atoms with Gasteiger partial charge in [0.25, 0.3) is 0 Å². The van der Waals surface area contributed by atoms with Crippen molar-refractivity contribution in [3.8, 4) is 23.0 Å². The number of hydrogen-bond acceptors (Lipinski definition) is 9. The molecule has 2 heterocycles. The van der Waals surface area contributed by atoms with E-state index in [1.54, 1.807) is 31.5 Å². The number of fused-ring (bicyclic) bond motifs is 1. The standard InChI is InChI=1S/C32H33ClN4O6S/c1-40-29-20-24-26(21-30(29)42-15-5-12-36-13-16-41-17-14-36)34-11-10-27(24)43-28-9-8-23(19-25(28)33)37(44)32(39)35-31(38)18-22-6-3-2-4-7-22/h2-4,6-11,19-21,44H,5,12-18H2,1H3,(H,35,38,39). The minimum atomic E-state index is -0.703. The summed E-state index contributed by atoms with van der Waals surface area (Å²) in [7, 11) is 1.59. The fourth-order valence-electron chi connectivity index (χ4n) is 4.72. The molecule has 10 nitrogen and oxygen atoms in total. The van der Waals surface area contributed by atoms with Crippen molar-refractivity contribution in [3.05, 3.63) is 83.5 Å². The molecular formula is C32H33ClN4O6S. The first-order chi connectivity index (χ1) is 21.4. The first-order valence-electron chi connectivity index (χ1n) is 14.1. The van der Waals surface area contributed by atoms with Crippen molar-refractivity contribution in [1.29, 1.82) is 0 Å². The van der Waals surface area contributed by atoms with E-state index in [1.807, 2.05) is 42.5 Å². The Morgan fingerprint density at radius 3 is 2.57 bits per heavy atom. The van der Waals surface area contributed by atoms with E-state index in [4.69, 9.17) is 30.5 Å². The predicted octanol–water partition coefficient (Wildman–Crippen LogP) is 5.92. The van der Waals surface area contributed by atoms with Crippen LogP contribution in [-0.2, 0) is 16.0 Å². The van der Waals surface area contributed by atoms with Crippen LogP contribution in [0.5, 0.6) is 23.0 Å². The number of imide groups is 1. The smallest absolute Gasteiger partial charge is 0.338 e. The number of pyridine rings is 1. The van der Waals surface area contributed by atoms with Crippen LogP contribution in [0.1, 0.15) is 12.0 Å². The molecule has 0 atom stereocenters. The highest BCUT2D eigenvalue weighted by molar-refractivity contribution is 7.82. The fraction of sp³-hybridized carbons (Fsp3) is 0.281. The van der Waals surface area contributed by atoms with Crippen molar-refractivity contribution in [2.24, 2.45) is 0 Å². The zero-order chi connectivity index (χ0) is 30.9. The van der Waals surface area contributed by atoms with E-state index in [-0.39, 0.29) is 11.4 Å². The molecule has 0 spiro atoms. The zero-order valence-electron chi connectivity index (χ0n) is 24.2. The predicted molar refractivity (Wildman–Crippen MR) is 172 cm³/mol. The molecule has 0 saturated carbocycles. The van der Waals surface area contributed by atoms with E-state index in [9.17, 15) is 9.59 Å². The SMILES string of the molecule is COc1cc2c(Oc3ccc(N(S)C(=O)NC(=O)Cc4ccccc4)cc3Cl)ccnc2cc1OCCCN1CCOCC1. The Labute approximate surface area is 266 Å². The Kier molecular flexibility index (Phi) is 10.8. The molecule has 3 amide bonds. The molecule has 44 heavy (non-hydrogen) atoms. The fourth-order valence-corrected chi connectivity index (χ4v) is 5.11. The van der Waals surface area contributed by atoms with E-state index in [2.05, 4.69) is 28.0 Å². The molecule has 1 aliphatic heterocycles. The van der Waals surface area contributed by atoms with Gasteiger partial charge in [-0.15, -0.1) is 0 Å². The van der Waals surface area contributed by atoms with E-state index in [0.717, 1.165) is 49.1 Å². The summed E-state index contributed by atoms with van der Waals surface area (Å²) < 4.78 is 24.3. The Bertz CT molecular complexity index is 1600. The number of carbonyl (C=O) groups excluding carboxylic acids is 2. The normalized spacial score (nSPS) is 13.3. The van der Waals surface area contributed by atoms with Gasteiger partial charge in [0.05, 0.1) is 49.6 Å². The molecule has 5 rings (SSSR count). The summed E-state index contributed by atoms with van der Waals surface area (Å²) in [6.45, 7) is 4.91. The average Bonchev–Trinajstić information content (AvgIpc) is 3.04. The second-order valence-electron chi connectivity index (χ2n) is 10.0. The van der Waals surface area contributed by atoms with Gasteiger partial charge in [-0.2, -0.15) is 0 Å². The lowest BCUT2D eigenvalue weighted by Gasteiger charge is -2.26. The molecule has 4 aromatic rings. The van der Waals surface area contributed by atoms with Gasteiger partial charge in [0.15, 0.2) is 11.5 Å². The van der Waals surface area contributed by atoms with Crippen LogP contribution < -0.4 is 23.8 Å². The highest BCUT2D eigenvalue weighted by atomic mass is 35.5. The second kappa shape index (κ2) is 15.1. The second-order valence-corrected chi connectivity index (χ2v) is 10.8. The molecule has 1 saturated heterocycles. The number of nitrogens with one attached hydrogen (secondary N) is 1. The third-order valence-corrected chi connectivity index (χ3v) is 7.70. The van der Waals surface area contributed by atoms with Gasteiger partial charge in [-0.05, 0) is 42.3 Å². The molecule has 230 valence electrons. The van der Waals surface area contributed by atoms with E-state index < -0.39 is 11.9 Å². The molecule has 0 unspecified atom stereocenters. The number of halogens is 1. The minimum Gasteiger partial charge on any atom is -0.493 e. The highest BCUT2D eigenvalue weighted by Gasteiger charge is 2.18. The molecule has 12 heteroatoms.